The van der Waals surface area contributed by atoms with Crippen LogP contribution in [0.5, 0.6) is 0 Å². The van der Waals surface area contributed by atoms with E-state index < -0.39 is 17.7 Å². The fourth-order valence-corrected chi connectivity index (χ4v) is 3.14. The smallest absolute Gasteiger partial charge is 0.239 e. The molecule has 0 fully saturated rings. The molecule has 3 aromatic carbocycles. The Labute approximate surface area is 164 Å². The second-order valence-electron chi connectivity index (χ2n) is 6.33. The molecule has 0 atom stereocenters. The molecule has 0 saturated heterocycles. The van der Waals surface area contributed by atoms with E-state index in [0.717, 1.165) is 6.07 Å². The lowest BCUT2D eigenvalue weighted by molar-refractivity contribution is -0.141. The molecular formula is C24H13F4N. The van der Waals surface area contributed by atoms with E-state index in [0.29, 0.717) is 11.1 Å². The number of fused-ring (bicyclic) bond motifs is 1. The first-order valence-corrected chi connectivity index (χ1v) is 8.77. The highest BCUT2D eigenvalue weighted by atomic mass is 19.4. The predicted molar refractivity (Wildman–Crippen MR) is 105 cm³/mol. The first-order chi connectivity index (χ1) is 13.9. The number of nitrogens with zero attached hydrogens (tertiary/aromatic N) is 1. The van der Waals surface area contributed by atoms with Crippen LogP contribution in [-0.2, 0) is 6.18 Å². The molecule has 0 aliphatic rings. The molecule has 4 rings (SSSR count). The van der Waals surface area contributed by atoms with Crippen molar-refractivity contribution in [3.63, 3.8) is 0 Å². The van der Waals surface area contributed by atoms with Crippen LogP contribution in [0.25, 0.3) is 22.0 Å². The number of alkyl halides is 3. The highest BCUT2D eigenvalue weighted by molar-refractivity contribution is 5.98. The van der Waals surface area contributed by atoms with Crippen molar-refractivity contribution in [3.05, 3.63) is 102 Å². The Morgan fingerprint density at radius 3 is 2.03 bits per heavy atom. The summed E-state index contributed by atoms with van der Waals surface area (Å²) in [6.07, 6.45) is -4.79. The zero-order valence-corrected chi connectivity index (χ0v) is 15.0. The summed E-state index contributed by atoms with van der Waals surface area (Å²) in [5, 5.41) is 0.279. The van der Waals surface area contributed by atoms with Crippen molar-refractivity contribution in [1.29, 1.82) is 0 Å². The number of para-hydroxylation sites is 1. The van der Waals surface area contributed by atoms with Gasteiger partial charge in [-0.1, -0.05) is 72.5 Å². The molecule has 142 valence electrons. The molecule has 0 amide bonds. The van der Waals surface area contributed by atoms with Crippen LogP contribution in [0.1, 0.15) is 16.8 Å². The zero-order valence-electron chi connectivity index (χ0n) is 15.0. The summed E-state index contributed by atoms with van der Waals surface area (Å²) in [5.41, 5.74) is -0.509. The van der Waals surface area contributed by atoms with Gasteiger partial charge in [-0.15, -0.1) is 0 Å². The summed E-state index contributed by atoms with van der Waals surface area (Å²) in [6, 6.07) is 21.3. The number of rotatable bonds is 1. The molecule has 0 aliphatic heterocycles. The second kappa shape index (κ2) is 7.40. The minimum Gasteiger partial charge on any atom is -0.239 e. The van der Waals surface area contributed by atoms with Crippen molar-refractivity contribution >= 4 is 10.9 Å². The van der Waals surface area contributed by atoms with Gasteiger partial charge in [-0.05, 0) is 23.8 Å². The van der Waals surface area contributed by atoms with E-state index in [1.54, 1.807) is 66.7 Å². The summed E-state index contributed by atoms with van der Waals surface area (Å²) < 4.78 is 56.0. The molecule has 0 spiro atoms. The van der Waals surface area contributed by atoms with Gasteiger partial charge in [0.2, 0.25) is 0 Å². The summed E-state index contributed by atoms with van der Waals surface area (Å²) in [5.74, 6) is 4.63. The highest BCUT2D eigenvalue weighted by Gasteiger charge is 2.37. The van der Waals surface area contributed by atoms with Gasteiger partial charge in [0.25, 0.3) is 0 Å². The van der Waals surface area contributed by atoms with E-state index in [9.17, 15) is 17.6 Å². The second-order valence-corrected chi connectivity index (χ2v) is 6.33. The largest absolute Gasteiger partial charge is 0.434 e. The topological polar surface area (TPSA) is 12.9 Å². The predicted octanol–water partition coefficient (Wildman–Crippen LogP) is 6.46. The van der Waals surface area contributed by atoms with Gasteiger partial charge in [-0.3, -0.25) is 0 Å². The molecule has 0 bridgehead atoms. The van der Waals surface area contributed by atoms with E-state index in [2.05, 4.69) is 16.8 Å². The third-order valence-electron chi connectivity index (χ3n) is 4.40. The van der Waals surface area contributed by atoms with Gasteiger partial charge < -0.3 is 0 Å². The summed E-state index contributed by atoms with van der Waals surface area (Å²) in [7, 11) is 0. The van der Waals surface area contributed by atoms with Crippen LogP contribution in [0.4, 0.5) is 17.6 Å². The van der Waals surface area contributed by atoms with Gasteiger partial charge in [0.1, 0.15) is 11.3 Å². The fraction of sp³-hybridized carbons (Fsp3) is 0.0417. The molecule has 5 heteroatoms. The molecule has 1 heterocycles. The third kappa shape index (κ3) is 3.70. The molecule has 4 aromatic rings. The Hall–Kier alpha value is -3.65. The number of pyridine rings is 1. The van der Waals surface area contributed by atoms with E-state index in [4.69, 9.17) is 0 Å². The van der Waals surface area contributed by atoms with Crippen molar-refractivity contribution < 1.29 is 17.6 Å². The lowest BCUT2D eigenvalue weighted by Gasteiger charge is -2.16. The normalized spacial score (nSPS) is 11.2. The lowest BCUT2D eigenvalue weighted by Crippen LogP contribution is -2.13. The van der Waals surface area contributed by atoms with Crippen molar-refractivity contribution in [2.24, 2.45) is 0 Å². The molecule has 1 aromatic heterocycles. The molecule has 0 aliphatic carbocycles. The Morgan fingerprint density at radius 1 is 0.724 bits per heavy atom. The highest BCUT2D eigenvalue weighted by Crippen LogP contribution is 2.39. The van der Waals surface area contributed by atoms with Crippen LogP contribution in [0, 0.1) is 17.7 Å². The minimum atomic E-state index is -4.79. The summed E-state index contributed by atoms with van der Waals surface area (Å²) >= 11 is 0. The van der Waals surface area contributed by atoms with Gasteiger partial charge in [0.05, 0.1) is 5.56 Å². The lowest BCUT2D eigenvalue weighted by atomic mass is 9.93. The van der Waals surface area contributed by atoms with Crippen LogP contribution in [-0.4, -0.2) is 4.98 Å². The Bertz CT molecular complexity index is 1230. The van der Waals surface area contributed by atoms with Gasteiger partial charge in [-0.2, -0.15) is 13.2 Å². The number of hydrogen-bond donors (Lipinski definition) is 0. The van der Waals surface area contributed by atoms with E-state index in [1.807, 2.05) is 0 Å². The molecule has 29 heavy (non-hydrogen) atoms. The molecular weight excluding hydrogens is 378 g/mol. The number of hydrogen-bond acceptors (Lipinski definition) is 1. The van der Waals surface area contributed by atoms with Crippen molar-refractivity contribution in [2.45, 2.75) is 6.18 Å². The minimum absolute atomic E-state index is 0.214. The Morgan fingerprint density at radius 2 is 1.38 bits per heavy atom. The van der Waals surface area contributed by atoms with Crippen LogP contribution >= 0.6 is 0 Å². The van der Waals surface area contributed by atoms with Gasteiger partial charge >= 0.3 is 6.18 Å². The average Bonchev–Trinajstić information content (AvgIpc) is 2.72. The zero-order chi connectivity index (χ0) is 20.4. The SMILES string of the molecule is Fc1cccc2c(-c3ccccc3)c(C#Cc3ccccc3)c(C(F)(F)F)nc12. The standard InChI is InChI=1S/C24H13F4N/c25-20-13-7-12-18-21(17-10-5-2-6-11-17)19(15-14-16-8-3-1-4-9-16)23(24(26,27)28)29-22(18)20/h1-13H. The summed E-state index contributed by atoms with van der Waals surface area (Å²) in [4.78, 5) is 3.64. The first kappa shape index (κ1) is 18.7. The summed E-state index contributed by atoms with van der Waals surface area (Å²) in [6.45, 7) is 0. The van der Waals surface area contributed by atoms with Gasteiger partial charge in [0.15, 0.2) is 5.69 Å². The van der Waals surface area contributed by atoms with Crippen LogP contribution in [0.2, 0.25) is 0 Å². The van der Waals surface area contributed by atoms with Crippen molar-refractivity contribution in [1.82, 2.24) is 4.98 Å². The molecule has 0 unspecified atom stereocenters. The Kier molecular flexibility index (Phi) is 4.77. The van der Waals surface area contributed by atoms with Crippen LogP contribution in [0.3, 0.4) is 0 Å². The van der Waals surface area contributed by atoms with Crippen LogP contribution < -0.4 is 0 Å². The van der Waals surface area contributed by atoms with E-state index >= 15 is 0 Å². The Balaban J connectivity index is 2.13. The molecule has 1 nitrogen and oxygen atoms in total. The quantitative estimate of drug-likeness (QED) is 0.268. The molecule has 0 N–H and O–H groups in total. The number of aromatic nitrogens is 1. The van der Waals surface area contributed by atoms with Gasteiger partial charge in [-0.25, -0.2) is 9.37 Å². The first-order valence-electron chi connectivity index (χ1n) is 8.77. The van der Waals surface area contributed by atoms with Crippen molar-refractivity contribution in [2.75, 3.05) is 0 Å². The maximum absolute atomic E-state index is 14.4. The van der Waals surface area contributed by atoms with E-state index in [-0.39, 0.29) is 22.0 Å². The molecule has 0 radical (unpaired) electrons. The number of halogens is 4. The third-order valence-corrected chi connectivity index (χ3v) is 4.40. The fourth-order valence-electron chi connectivity index (χ4n) is 3.14. The monoisotopic (exact) mass is 391 g/mol. The van der Waals surface area contributed by atoms with Gasteiger partial charge in [0, 0.05) is 16.5 Å². The van der Waals surface area contributed by atoms with Crippen LogP contribution in [0.15, 0.2) is 78.9 Å². The van der Waals surface area contributed by atoms with Crippen molar-refractivity contribution in [3.8, 4) is 23.0 Å². The molecule has 0 saturated carbocycles. The van der Waals surface area contributed by atoms with E-state index in [1.165, 1.54) is 6.07 Å². The average molecular weight is 391 g/mol. The maximum atomic E-state index is 14.4. The number of benzene rings is 3. The maximum Gasteiger partial charge on any atom is 0.434 e.